The largest absolute Gasteiger partial charge is 0.397 e. The fourth-order valence-electron chi connectivity index (χ4n) is 1.10. The quantitative estimate of drug-likeness (QED) is 0.797. The lowest BCUT2D eigenvalue weighted by molar-refractivity contribution is 0.753. The first-order chi connectivity index (χ1) is 6.96. The SMILES string of the molecule is CSC(C)(C)CNc1c(N)cccc1Cl. The van der Waals surface area contributed by atoms with Crippen molar-refractivity contribution in [2.24, 2.45) is 0 Å². The van der Waals surface area contributed by atoms with E-state index in [9.17, 15) is 0 Å². The van der Waals surface area contributed by atoms with Gasteiger partial charge in [-0.15, -0.1) is 0 Å². The maximum absolute atomic E-state index is 6.05. The number of halogens is 1. The predicted molar refractivity (Wildman–Crippen MR) is 71.9 cm³/mol. The molecule has 15 heavy (non-hydrogen) atoms. The molecular weight excluding hydrogens is 228 g/mol. The van der Waals surface area contributed by atoms with E-state index in [1.165, 1.54) is 0 Å². The number of thioether (sulfide) groups is 1. The third-order valence-corrected chi connectivity index (χ3v) is 3.85. The van der Waals surface area contributed by atoms with E-state index in [4.69, 9.17) is 17.3 Å². The van der Waals surface area contributed by atoms with Gasteiger partial charge < -0.3 is 11.1 Å². The van der Waals surface area contributed by atoms with Crippen LogP contribution in [0.1, 0.15) is 13.8 Å². The molecule has 0 saturated carbocycles. The number of hydrogen-bond donors (Lipinski definition) is 2. The molecule has 1 aromatic carbocycles. The zero-order valence-corrected chi connectivity index (χ0v) is 10.9. The normalized spacial score (nSPS) is 11.5. The van der Waals surface area contributed by atoms with E-state index in [-0.39, 0.29) is 4.75 Å². The van der Waals surface area contributed by atoms with Crippen LogP contribution in [0.15, 0.2) is 18.2 Å². The van der Waals surface area contributed by atoms with E-state index in [2.05, 4.69) is 25.4 Å². The first-order valence-corrected chi connectivity index (χ1v) is 6.39. The van der Waals surface area contributed by atoms with Gasteiger partial charge in [0.2, 0.25) is 0 Å². The van der Waals surface area contributed by atoms with Gasteiger partial charge >= 0.3 is 0 Å². The van der Waals surface area contributed by atoms with Crippen LogP contribution in [-0.4, -0.2) is 17.5 Å². The summed E-state index contributed by atoms with van der Waals surface area (Å²) in [7, 11) is 0. The highest BCUT2D eigenvalue weighted by Crippen LogP contribution is 2.29. The maximum Gasteiger partial charge on any atom is 0.0763 e. The van der Waals surface area contributed by atoms with E-state index in [0.717, 1.165) is 12.2 Å². The first-order valence-electron chi connectivity index (χ1n) is 4.79. The zero-order chi connectivity index (χ0) is 11.5. The molecule has 0 unspecified atom stereocenters. The van der Waals surface area contributed by atoms with E-state index < -0.39 is 0 Å². The molecule has 0 fully saturated rings. The standard InChI is InChI=1S/C11H17ClN2S/c1-11(2,15-3)7-14-10-8(12)5-4-6-9(10)13/h4-6,14H,7,13H2,1-3H3. The predicted octanol–water partition coefficient (Wildman–Crippen LogP) is 3.48. The molecule has 0 aliphatic rings. The topological polar surface area (TPSA) is 38.0 Å². The lowest BCUT2D eigenvalue weighted by atomic mass is 10.2. The second-order valence-corrected chi connectivity index (χ2v) is 5.94. The minimum atomic E-state index is 0.172. The van der Waals surface area contributed by atoms with Crippen LogP contribution in [-0.2, 0) is 0 Å². The Labute approximate surface area is 101 Å². The van der Waals surface area contributed by atoms with Crippen LogP contribution in [0.5, 0.6) is 0 Å². The Morgan fingerprint density at radius 2 is 2.13 bits per heavy atom. The number of para-hydroxylation sites is 1. The molecule has 3 N–H and O–H groups in total. The van der Waals surface area contributed by atoms with Crippen LogP contribution < -0.4 is 11.1 Å². The summed E-state index contributed by atoms with van der Waals surface area (Å²) in [4.78, 5) is 0. The van der Waals surface area contributed by atoms with Crippen molar-refractivity contribution in [3.05, 3.63) is 23.2 Å². The molecule has 0 heterocycles. The molecule has 0 radical (unpaired) electrons. The van der Waals surface area contributed by atoms with Crippen LogP contribution in [0.3, 0.4) is 0 Å². The van der Waals surface area contributed by atoms with Gasteiger partial charge in [-0.1, -0.05) is 17.7 Å². The average Bonchev–Trinajstić information content (AvgIpc) is 2.17. The summed E-state index contributed by atoms with van der Waals surface area (Å²) < 4.78 is 0.172. The van der Waals surface area contributed by atoms with E-state index in [0.29, 0.717) is 10.7 Å². The Balaban J connectivity index is 2.73. The lowest BCUT2D eigenvalue weighted by Gasteiger charge is -2.23. The highest BCUT2D eigenvalue weighted by molar-refractivity contribution is 7.99. The van der Waals surface area contributed by atoms with Crippen molar-refractivity contribution in [2.45, 2.75) is 18.6 Å². The van der Waals surface area contributed by atoms with Crippen molar-refractivity contribution in [1.29, 1.82) is 0 Å². The third kappa shape index (κ3) is 3.50. The molecule has 1 rings (SSSR count). The van der Waals surface area contributed by atoms with Crippen LogP contribution in [0.25, 0.3) is 0 Å². The van der Waals surface area contributed by atoms with Gasteiger partial charge in [0.1, 0.15) is 0 Å². The summed E-state index contributed by atoms with van der Waals surface area (Å²) in [5.41, 5.74) is 7.37. The minimum absolute atomic E-state index is 0.172. The molecule has 4 heteroatoms. The molecule has 0 spiro atoms. The molecule has 2 nitrogen and oxygen atoms in total. The molecule has 0 aromatic heterocycles. The second kappa shape index (κ2) is 4.99. The van der Waals surface area contributed by atoms with Gasteiger partial charge in [0.25, 0.3) is 0 Å². The molecule has 0 bridgehead atoms. The number of nitrogens with two attached hydrogens (primary N) is 1. The van der Waals surface area contributed by atoms with Gasteiger partial charge in [-0.05, 0) is 32.2 Å². The monoisotopic (exact) mass is 244 g/mol. The first kappa shape index (κ1) is 12.5. The number of nitrogens with one attached hydrogen (secondary N) is 1. The Morgan fingerprint density at radius 3 is 2.67 bits per heavy atom. The molecule has 84 valence electrons. The minimum Gasteiger partial charge on any atom is -0.397 e. The number of hydrogen-bond acceptors (Lipinski definition) is 3. The summed E-state index contributed by atoms with van der Waals surface area (Å²) in [6, 6.07) is 5.54. The van der Waals surface area contributed by atoms with Crippen molar-refractivity contribution in [2.75, 3.05) is 23.9 Å². The highest BCUT2D eigenvalue weighted by atomic mass is 35.5. The highest BCUT2D eigenvalue weighted by Gasteiger charge is 2.16. The number of benzene rings is 1. The van der Waals surface area contributed by atoms with Crippen LogP contribution in [0, 0.1) is 0 Å². The Morgan fingerprint density at radius 1 is 1.47 bits per heavy atom. The number of anilines is 2. The Kier molecular flexibility index (Phi) is 4.17. The third-order valence-electron chi connectivity index (χ3n) is 2.29. The van der Waals surface area contributed by atoms with Gasteiger partial charge in [-0.3, -0.25) is 0 Å². The van der Waals surface area contributed by atoms with Gasteiger partial charge in [-0.25, -0.2) is 0 Å². The van der Waals surface area contributed by atoms with E-state index in [1.54, 1.807) is 0 Å². The Bertz CT molecular complexity index is 319. The molecule has 0 atom stereocenters. The molecule has 0 saturated heterocycles. The summed E-state index contributed by atoms with van der Waals surface area (Å²) in [6.45, 7) is 5.19. The van der Waals surface area contributed by atoms with Crippen LogP contribution in [0.2, 0.25) is 5.02 Å². The van der Waals surface area contributed by atoms with Crippen LogP contribution >= 0.6 is 23.4 Å². The van der Waals surface area contributed by atoms with Crippen molar-refractivity contribution < 1.29 is 0 Å². The summed E-state index contributed by atoms with van der Waals surface area (Å²) in [5, 5.41) is 3.97. The van der Waals surface area contributed by atoms with Crippen LogP contribution in [0.4, 0.5) is 11.4 Å². The van der Waals surface area contributed by atoms with Gasteiger partial charge in [0, 0.05) is 11.3 Å². The van der Waals surface area contributed by atoms with Gasteiger partial charge in [0.15, 0.2) is 0 Å². The summed E-state index contributed by atoms with van der Waals surface area (Å²) in [6.07, 6.45) is 2.09. The van der Waals surface area contributed by atoms with Crippen molar-refractivity contribution in [1.82, 2.24) is 0 Å². The zero-order valence-electron chi connectivity index (χ0n) is 9.30. The van der Waals surface area contributed by atoms with E-state index >= 15 is 0 Å². The molecule has 0 amide bonds. The van der Waals surface area contributed by atoms with Crippen molar-refractivity contribution >= 4 is 34.7 Å². The number of nitrogen functional groups attached to an aromatic ring is 1. The number of rotatable bonds is 4. The molecular formula is C11H17ClN2S. The molecule has 1 aromatic rings. The van der Waals surface area contributed by atoms with Crippen molar-refractivity contribution in [3.8, 4) is 0 Å². The smallest absolute Gasteiger partial charge is 0.0763 e. The lowest BCUT2D eigenvalue weighted by Crippen LogP contribution is -2.26. The average molecular weight is 245 g/mol. The van der Waals surface area contributed by atoms with Gasteiger partial charge in [-0.2, -0.15) is 11.8 Å². The van der Waals surface area contributed by atoms with Crippen molar-refractivity contribution in [3.63, 3.8) is 0 Å². The Hall–Kier alpha value is -0.540. The molecule has 0 aliphatic heterocycles. The second-order valence-electron chi connectivity index (χ2n) is 4.02. The molecule has 0 aliphatic carbocycles. The van der Waals surface area contributed by atoms with E-state index in [1.807, 2.05) is 30.0 Å². The summed E-state index contributed by atoms with van der Waals surface area (Å²) >= 11 is 7.86. The fourth-order valence-corrected chi connectivity index (χ4v) is 1.57. The maximum atomic E-state index is 6.05. The summed E-state index contributed by atoms with van der Waals surface area (Å²) in [5.74, 6) is 0. The van der Waals surface area contributed by atoms with Gasteiger partial charge in [0.05, 0.1) is 16.4 Å². The fraction of sp³-hybridized carbons (Fsp3) is 0.455.